The van der Waals surface area contributed by atoms with E-state index in [-0.39, 0.29) is 18.0 Å². The van der Waals surface area contributed by atoms with Gasteiger partial charge in [-0.2, -0.15) is 0 Å². The molecule has 7 nitrogen and oxygen atoms in total. The molecule has 0 bridgehead atoms. The van der Waals surface area contributed by atoms with Gasteiger partial charge in [0.15, 0.2) is 0 Å². The van der Waals surface area contributed by atoms with Crippen molar-refractivity contribution in [2.75, 3.05) is 31.7 Å². The lowest BCUT2D eigenvalue weighted by Gasteiger charge is -2.22. The van der Waals surface area contributed by atoms with E-state index in [1.807, 2.05) is 68.7 Å². The number of hydrogen-bond donors (Lipinski definition) is 4. The summed E-state index contributed by atoms with van der Waals surface area (Å²) in [4.78, 5) is 27.2. The Labute approximate surface area is 195 Å². The molecule has 0 heterocycles. The van der Waals surface area contributed by atoms with Crippen LogP contribution in [0.1, 0.15) is 33.9 Å². The molecule has 0 saturated carbocycles. The average molecular weight is 446 g/mol. The number of urea groups is 1. The summed E-state index contributed by atoms with van der Waals surface area (Å²) in [5.74, 6) is -0.238. The van der Waals surface area contributed by atoms with E-state index in [4.69, 9.17) is 5.73 Å². The van der Waals surface area contributed by atoms with Gasteiger partial charge in [-0.05, 0) is 62.5 Å². The van der Waals surface area contributed by atoms with Gasteiger partial charge in [0.1, 0.15) is 0 Å². The second-order valence-electron chi connectivity index (χ2n) is 8.12. The maximum absolute atomic E-state index is 12.6. The molecule has 0 aliphatic rings. The van der Waals surface area contributed by atoms with E-state index in [9.17, 15) is 9.59 Å². The predicted octanol–water partition coefficient (Wildman–Crippen LogP) is 4.01. The van der Waals surface area contributed by atoms with Crippen molar-refractivity contribution >= 4 is 23.3 Å². The minimum atomic E-state index is -0.238. The Kier molecular flexibility index (Phi) is 8.43. The molecule has 0 radical (unpaired) electrons. The summed E-state index contributed by atoms with van der Waals surface area (Å²) in [6.07, 6.45) is 0.734. The fourth-order valence-electron chi connectivity index (χ4n) is 3.37. The average Bonchev–Trinajstić information content (AvgIpc) is 2.82. The van der Waals surface area contributed by atoms with Gasteiger partial charge in [0.05, 0.1) is 17.4 Å². The smallest absolute Gasteiger partial charge is 0.315 e. The van der Waals surface area contributed by atoms with Crippen LogP contribution < -0.4 is 21.7 Å². The Bertz CT molecular complexity index is 1050. The molecular formula is C26H31N5O2. The Balaban J connectivity index is 1.65. The molecule has 3 amide bonds. The quantitative estimate of drug-likeness (QED) is 0.374. The molecule has 0 fully saturated rings. The maximum Gasteiger partial charge on any atom is 0.315 e. The summed E-state index contributed by atoms with van der Waals surface area (Å²) in [6.45, 7) is 1.26. The first-order chi connectivity index (χ1) is 15.9. The van der Waals surface area contributed by atoms with Crippen LogP contribution in [0.2, 0.25) is 0 Å². The molecule has 5 N–H and O–H groups in total. The lowest BCUT2D eigenvalue weighted by molar-refractivity contribution is 0.102. The second kappa shape index (κ2) is 11.7. The van der Waals surface area contributed by atoms with Crippen LogP contribution in [0.4, 0.5) is 16.2 Å². The van der Waals surface area contributed by atoms with Crippen LogP contribution >= 0.6 is 0 Å². The third kappa shape index (κ3) is 7.36. The van der Waals surface area contributed by atoms with E-state index >= 15 is 0 Å². The van der Waals surface area contributed by atoms with Crippen LogP contribution in [0.15, 0.2) is 78.9 Å². The van der Waals surface area contributed by atoms with Gasteiger partial charge in [-0.25, -0.2) is 4.79 Å². The molecule has 0 aromatic heterocycles. The van der Waals surface area contributed by atoms with Gasteiger partial charge in [0.25, 0.3) is 5.91 Å². The number of carbonyl (C=O) groups excluding carboxylic acids is 2. The molecule has 3 aromatic carbocycles. The van der Waals surface area contributed by atoms with Crippen molar-refractivity contribution in [2.45, 2.75) is 19.0 Å². The highest BCUT2D eigenvalue weighted by Gasteiger charge is 2.16. The van der Waals surface area contributed by atoms with Gasteiger partial charge in [-0.15, -0.1) is 0 Å². The first-order valence-electron chi connectivity index (χ1n) is 10.9. The van der Waals surface area contributed by atoms with Crippen molar-refractivity contribution in [1.82, 2.24) is 15.5 Å². The molecule has 0 spiro atoms. The molecule has 0 aliphatic heterocycles. The number of rotatable bonds is 9. The number of anilines is 2. The first kappa shape index (κ1) is 23.8. The van der Waals surface area contributed by atoms with Crippen LogP contribution in [-0.4, -0.2) is 37.5 Å². The predicted molar refractivity (Wildman–Crippen MR) is 133 cm³/mol. The zero-order valence-electron chi connectivity index (χ0n) is 19.0. The molecule has 0 aliphatic carbocycles. The van der Waals surface area contributed by atoms with Crippen LogP contribution in [0.25, 0.3) is 0 Å². The Morgan fingerprint density at radius 2 is 1.58 bits per heavy atom. The van der Waals surface area contributed by atoms with Gasteiger partial charge in [-0.3, -0.25) is 4.79 Å². The summed E-state index contributed by atoms with van der Waals surface area (Å²) in [6, 6.07) is 23.8. The minimum Gasteiger partial charge on any atom is -0.397 e. The lowest BCUT2D eigenvalue weighted by atomic mass is 10.0. The van der Waals surface area contributed by atoms with Crippen LogP contribution in [0, 0.1) is 0 Å². The molecule has 33 heavy (non-hydrogen) atoms. The topological polar surface area (TPSA) is 99.5 Å². The van der Waals surface area contributed by atoms with Crippen molar-refractivity contribution in [2.24, 2.45) is 0 Å². The molecular weight excluding hydrogens is 414 g/mol. The van der Waals surface area contributed by atoms with E-state index in [1.54, 1.807) is 24.3 Å². The summed E-state index contributed by atoms with van der Waals surface area (Å²) in [7, 11) is 3.99. The van der Waals surface area contributed by atoms with E-state index < -0.39 is 0 Å². The van der Waals surface area contributed by atoms with Crippen LogP contribution in [-0.2, 0) is 6.54 Å². The fourth-order valence-corrected chi connectivity index (χ4v) is 3.37. The molecule has 7 heteroatoms. The van der Waals surface area contributed by atoms with Crippen molar-refractivity contribution in [1.29, 1.82) is 0 Å². The number of hydrogen-bond acceptors (Lipinski definition) is 4. The van der Waals surface area contributed by atoms with E-state index in [0.29, 0.717) is 23.5 Å². The molecule has 3 rings (SSSR count). The number of carbonyl (C=O) groups is 2. The second-order valence-corrected chi connectivity index (χ2v) is 8.12. The number of nitrogens with zero attached hydrogens (tertiary/aromatic N) is 1. The highest BCUT2D eigenvalue weighted by molar-refractivity contribution is 6.05. The van der Waals surface area contributed by atoms with Gasteiger partial charge in [-0.1, -0.05) is 54.6 Å². The maximum atomic E-state index is 12.6. The fraction of sp³-hybridized carbons (Fsp3) is 0.231. The number of para-hydroxylation sites is 2. The molecule has 3 aromatic rings. The number of nitrogens with one attached hydrogen (secondary N) is 3. The Morgan fingerprint density at radius 3 is 2.24 bits per heavy atom. The lowest BCUT2D eigenvalue weighted by Crippen LogP contribution is -2.38. The first-order valence-corrected chi connectivity index (χ1v) is 10.9. The van der Waals surface area contributed by atoms with Gasteiger partial charge in [0, 0.05) is 12.1 Å². The number of nitrogen functional groups attached to an aromatic ring is 1. The Morgan fingerprint density at radius 1 is 0.909 bits per heavy atom. The Hall–Kier alpha value is -3.84. The number of benzene rings is 3. The van der Waals surface area contributed by atoms with E-state index in [0.717, 1.165) is 24.1 Å². The SMILES string of the molecule is CN(C)CCC(NC(=O)NCc1ccccc1)c1ccc(C(=O)Nc2ccccc2N)cc1. The minimum absolute atomic E-state index is 0.190. The molecule has 0 saturated heterocycles. The number of amides is 3. The highest BCUT2D eigenvalue weighted by Crippen LogP contribution is 2.20. The van der Waals surface area contributed by atoms with Gasteiger partial charge in [0.2, 0.25) is 0 Å². The zero-order valence-corrected chi connectivity index (χ0v) is 19.0. The molecule has 1 unspecified atom stereocenters. The van der Waals surface area contributed by atoms with Crippen molar-refractivity contribution in [3.63, 3.8) is 0 Å². The van der Waals surface area contributed by atoms with Crippen LogP contribution in [0.3, 0.4) is 0 Å². The summed E-state index contributed by atoms with van der Waals surface area (Å²) < 4.78 is 0. The summed E-state index contributed by atoms with van der Waals surface area (Å²) in [5.41, 5.74) is 9.48. The summed E-state index contributed by atoms with van der Waals surface area (Å²) in [5, 5.41) is 8.80. The molecule has 1 atom stereocenters. The monoisotopic (exact) mass is 445 g/mol. The van der Waals surface area contributed by atoms with Crippen LogP contribution in [0.5, 0.6) is 0 Å². The standard InChI is InChI=1S/C26H31N5O2/c1-31(2)17-16-23(30-26(33)28-18-19-8-4-3-5-9-19)20-12-14-21(15-13-20)25(32)29-24-11-7-6-10-22(24)27/h3-15,23H,16-18,27H2,1-2H3,(H,29,32)(H2,28,30,33). The van der Waals surface area contributed by atoms with Crippen molar-refractivity contribution in [3.8, 4) is 0 Å². The van der Waals surface area contributed by atoms with Crippen molar-refractivity contribution in [3.05, 3.63) is 95.6 Å². The van der Waals surface area contributed by atoms with Gasteiger partial charge < -0.3 is 26.6 Å². The summed E-state index contributed by atoms with van der Waals surface area (Å²) >= 11 is 0. The van der Waals surface area contributed by atoms with E-state index in [1.165, 1.54) is 0 Å². The largest absolute Gasteiger partial charge is 0.397 e. The van der Waals surface area contributed by atoms with Crippen molar-refractivity contribution < 1.29 is 9.59 Å². The third-order valence-electron chi connectivity index (χ3n) is 5.25. The highest BCUT2D eigenvalue weighted by atomic mass is 16.2. The molecule has 172 valence electrons. The normalized spacial score (nSPS) is 11.6. The van der Waals surface area contributed by atoms with Gasteiger partial charge >= 0.3 is 6.03 Å². The zero-order chi connectivity index (χ0) is 23.6. The third-order valence-corrected chi connectivity index (χ3v) is 5.25. The number of nitrogens with two attached hydrogens (primary N) is 1. The van der Waals surface area contributed by atoms with E-state index in [2.05, 4.69) is 20.9 Å².